The van der Waals surface area contributed by atoms with E-state index in [9.17, 15) is 4.79 Å². The number of ketones is 1. The Morgan fingerprint density at radius 3 is 2.62 bits per heavy atom. The van der Waals surface area contributed by atoms with Crippen LogP contribution in [0, 0.1) is 0 Å². The van der Waals surface area contributed by atoms with Gasteiger partial charge in [0.25, 0.3) is 0 Å². The molecule has 1 saturated carbocycles. The summed E-state index contributed by atoms with van der Waals surface area (Å²) < 4.78 is 5.49. The van der Waals surface area contributed by atoms with Crippen molar-refractivity contribution in [1.29, 1.82) is 0 Å². The second kappa shape index (κ2) is 6.14. The molecule has 2 aliphatic rings. The van der Waals surface area contributed by atoms with Crippen LogP contribution in [-0.2, 0) is 0 Å². The average Bonchev–Trinajstić information content (AvgIpc) is 3.19. The van der Waals surface area contributed by atoms with Crippen LogP contribution in [0.4, 0.5) is 0 Å². The molecule has 1 aromatic heterocycles. The summed E-state index contributed by atoms with van der Waals surface area (Å²) in [4.78, 5) is 19.8. The zero-order chi connectivity index (χ0) is 14.7. The van der Waals surface area contributed by atoms with E-state index in [0.29, 0.717) is 17.9 Å². The Morgan fingerprint density at radius 1 is 1.24 bits per heavy atom. The summed E-state index contributed by atoms with van der Waals surface area (Å²) in [6.45, 7) is 4.66. The second-order valence-corrected chi connectivity index (χ2v) is 6.10. The fourth-order valence-electron chi connectivity index (χ4n) is 3.85. The van der Waals surface area contributed by atoms with Crippen LogP contribution in [-0.4, -0.2) is 40.9 Å². The minimum Gasteiger partial charge on any atom is -0.492 e. The molecule has 114 valence electrons. The summed E-state index contributed by atoms with van der Waals surface area (Å²) >= 11 is 0. The summed E-state index contributed by atoms with van der Waals surface area (Å²) in [5.41, 5.74) is 0.429. The Bertz CT molecular complexity index is 503. The highest BCUT2D eigenvalue weighted by Gasteiger charge is 2.46. The fraction of sp³-hybridized carbons (Fsp3) is 0.647. The molecule has 0 amide bonds. The topological polar surface area (TPSA) is 42.4 Å². The molecule has 0 N–H and O–H groups in total. The van der Waals surface area contributed by atoms with Gasteiger partial charge >= 0.3 is 0 Å². The normalized spacial score (nSPS) is 21.6. The minimum absolute atomic E-state index is 0.246. The first-order chi connectivity index (χ1) is 10.3. The van der Waals surface area contributed by atoms with Crippen molar-refractivity contribution in [3.05, 3.63) is 24.0 Å². The van der Waals surface area contributed by atoms with Crippen molar-refractivity contribution < 1.29 is 9.53 Å². The molecule has 4 heteroatoms. The van der Waals surface area contributed by atoms with Gasteiger partial charge in [-0.2, -0.15) is 0 Å². The third-order valence-electron chi connectivity index (χ3n) is 4.85. The number of hydrogen-bond donors (Lipinski definition) is 0. The van der Waals surface area contributed by atoms with Crippen LogP contribution >= 0.6 is 0 Å². The molecule has 1 saturated heterocycles. The maximum atomic E-state index is 13.2. The van der Waals surface area contributed by atoms with Gasteiger partial charge in [-0.1, -0.05) is 12.8 Å². The number of rotatable bonds is 5. The maximum absolute atomic E-state index is 13.2. The molecule has 0 atom stereocenters. The largest absolute Gasteiger partial charge is 0.492 e. The van der Waals surface area contributed by atoms with Gasteiger partial charge in [0.2, 0.25) is 0 Å². The van der Waals surface area contributed by atoms with Crippen LogP contribution in [0.15, 0.2) is 18.5 Å². The predicted molar refractivity (Wildman–Crippen MR) is 81.7 cm³/mol. The molecule has 0 unspecified atom stereocenters. The smallest absolute Gasteiger partial charge is 0.184 e. The fourth-order valence-corrected chi connectivity index (χ4v) is 3.85. The second-order valence-electron chi connectivity index (χ2n) is 6.10. The van der Waals surface area contributed by atoms with Gasteiger partial charge in [-0.25, -0.2) is 0 Å². The van der Waals surface area contributed by atoms with E-state index >= 15 is 0 Å². The van der Waals surface area contributed by atoms with E-state index in [1.54, 1.807) is 12.4 Å². The number of aromatic nitrogens is 1. The van der Waals surface area contributed by atoms with Crippen molar-refractivity contribution in [3.63, 3.8) is 0 Å². The van der Waals surface area contributed by atoms with Crippen LogP contribution in [0.5, 0.6) is 5.75 Å². The molecule has 1 aliphatic heterocycles. The summed E-state index contributed by atoms with van der Waals surface area (Å²) in [5.74, 6) is 0.939. The Kier molecular flexibility index (Phi) is 4.24. The highest BCUT2D eigenvalue weighted by Crippen LogP contribution is 2.40. The first-order valence-corrected chi connectivity index (χ1v) is 8.14. The molecule has 0 bridgehead atoms. The number of Topliss-reactive ketones (excluding diaryl/α,β-unsaturated/α-hetero) is 1. The summed E-state index contributed by atoms with van der Waals surface area (Å²) in [7, 11) is 0. The number of pyridine rings is 1. The molecule has 3 rings (SSSR count). The molecular weight excluding hydrogens is 264 g/mol. The average molecular weight is 288 g/mol. The number of carbonyl (C=O) groups excluding carboxylic acids is 1. The van der Waals surface area contributed by atoms with E-state index < -0.39 is 0 Å². The third-order valence-corrected chi connectivity index (χ3v) is 4.85. The number of carbonyl (C=O) groups is 1. The minimum atomic E-state index is -0.275. The zero-order valence-corrected chi connectivity index (χ0v) is 12.8. The first kappa shape index (κ1) is 14.5. The monoisotopic (exact) mass is 288 g/mol. The van der Waals surface area contributed by atoms with Gasteiger partial charge < -0.3 is 4.74 Å². The zero-order valence-electron chi connectivity index (χ0n) is 12.8. The molecule has 2 fully saturated rings. The lowest BCUT2D eigenvalue weighted by Gasteiger charge is -2.37. The SMILES string of the molecule is CCOc1cncc(C(=O)C2(N3CCCC3)CCCC2)c1. The van der Waals surface area contributed by atoms with E-state index in [2.05, 4.69) is 9.88 Å². The van der Waals surface area contributed by atoms with Crippen molar-refractivity contribution in [3.8, 4) is 5.75 Å². The van der Waals surface area contributed by atoms with Gasteiger partial charge in [0.05, 0.1) is 18.3 Å². The van der Waals surface area contributed by atoms with Crippen molar-refractivity contribution in [2.24, 2.45) is 0 Å². The number of ether oxygens (including phenoxy) is 1. The van der Waals surface area contributed by atoms with Gasteiger partial charge in [0.1, 0.15) is 5.75 Å². The number of nitrogens with zero attached hydrogens (tertiary/aromatic N) is 2. The van der Waals surface area contributed by atoms with Gasteiger partial charge in [-0.3, -0.25) is 14.7 Å². The summed E-state index contributed by atoms with van der Waals surface area (Å²) in [5, 5.41) is 0. The molecule has 1 aliphatic carbocycles. The van der Waals surface area contributed by atoms with Gasteiger partial charge in [-0.05, 0) is 51.8 Å². The Balaban J connectivity index is 1.89. The lowest BCUT2D eigenvalue weighted by atomic mass is 9.86. The van der Waals surface area contributed by atoms with Gasteiger partial charge in [0, 0.05) is 11.8 Å². The molecule has 0 spiro atoms. The lowest BCUT2D eigenvalue weighted by molar-refractivity contribution is 0.0625. The Morgan fingerprint density at radius 2 is 1.95 bits per heavy atom. The van der Waals surface area contributed by atoms with E-state index in [1.807, 2.05) is 13.0 Å². The molecule has 4 nitrogen and oxygen atoms in total. The van der Waals surface area contributed by atoms with E-state index in [4.69, 9.17) is 4.74 Å². The summed E-state index contributed by atoms with van der Waals surface area (Å²) in [6, 6.07) is 1.86. The molecule has 21 heavy (non-hydrogen) atoms. The van der Waals surface area contributed by atoms with Crippen molar-refractivity contribution in [1.82, 2.24) is 9.88 Å². The Hall–Kier alpha value is -1.42. The molecule has 2 heterocycles. The van der Waals surface area contributed by atoms with Crippen LogP contribution in [0.2, 0.25) is 0 Å². The highest BCUT2D eigenvalue weighted by molar-refractivity contribution is 6.03. The van der Waals surface area contributed by atoms with E-state index in [-0.39, 0.29) is 11.3 Å². The van der Waals surface area contributed by atoms with Crippen molar-refractivity contribution in [2.45, 2.75) is 51.0 Å². The third kappa shape index (κ3) is 2.69. The van der Waals surface area contributed by atoms with Crippen LogP contribution in [0.3, 0.4) is 0 Å². The van der Waals surface area contributed by atoms with E-state index in [1.165, 1.54) is 12.8 Å². The van der Waals surface area contributed by atoms with Crippen molar-refractivity contribution >= 4 is 5.78 Å². The maximum Gasteiger partial charge on any atom is 0.184 e. The van der Waals surface area contributed by atoms with Crippen LogP contribution in [0.1, 0.15) is 55.8 Å². The predicted octanol–water partition coefficient (Wildman–Crippen LogP) is 3.07. The van der Waals surface area contributed by atoms with Crippen LogP contribution < -0.4 is 4.74 Å². The Labute approximate surface area is 126 Å². The summed E-state index contributed by atoms with van der Waals surface area (Å²) in [6.07, 6.45) is 10.1. The number of likely N-dealkylation sites (tertiary alicyclic amines) is 1. The highest BCUT2D eigenvalue weighted by atomic mass is 16.5. The number of hydrogen-bond acceptors (Lipinski definition) is 4. The molecule has 0 radical (unpaired) electrons. The van der Waals surface area contributed by atoms with E-state index in [0.717, 1.165) is 38.8 Å². The van der Waals surface area contributed by atoms with Gasteiger partial charge in [-0.15, -0.1) is 0 Å². The molecule has 1 aromatic rings. The molecule has 0 aromatic carbocycles. The van der Waals surface area contributed by atoms with Crippen LogP contribution in [0.25, 0.3) is 0 Å². The van der Waals surface area contributed by atoms with Gasteiger partial charge in [0.15, 0.2) is 5.78 Å². The van der Waals surface area contributed by atoms with Crippen molar-refractivity contribution in [2.75, 3.05) is 19.7 Å². The quantitative estimate of drug-likeness (QED) is 0.781. The molecular formula is C17H24N2O2. The first-order valence-electron chi connectivity index (χ1n) is 8.14. The standard InChI is InChI=1S/C17H24N2O2/c1-2-21-15-11-14(12-18-13-15)16(20)17(7-3-4-8-17)19-9-5-6-10-19/h11-13H,2-10H2,1H3. The lowest BCUT2D eigenvalue weighted by Crippen LogP contribution is -2.51.